The molecule has 0 unspecified atom stereocenters. The number of carbonyl (C=O) groups is 2. The Balaban J connectivity index is 1.73. The minimum Gasteiger partial charge on any atom is -0.497 e. The molecule has 0 spiro atoms. The molecule has 0 saturated carbocycles. The van der Waals surface area contributed by atoms with Crippen LogP contribution in [0.15, 0.2) is 47.4 Å². The van der Waals surface area contributed by atoms with Gasteiger partial charge in [0.15, 0.2) is 15.6 Å². The van der Waals surface area contributed by atoms with Crippen molar-refractivity contribution in [2.24, 2.45) is 5.92 Å². The maximum atomic E-state index is 12.9. The minimum absolute atomic E-state index is 0.00976. The second-order valence-corrected chi connectivity index (χ2v) is 9.42. The van der Waals surface area contributed by atoms with Crippen LogP contribution in [0.2, 0.25) is 0 Å². The van der Waals surface area contributed by atoms with Crippen LogP contribution in [0.1, 0.15) is 33.6 Å². The third-order valence-electron chi connectivity index (χ3n) is 5.30. The molecular formula is C21H22N2O7S. The predicted molar refractivity (Wildman–Crippen MR) is 112 cm³/mol. The van der Waals surface area contributed by atoms with Crippen molar-refractivity contribution >= 4 is 27.2 Å². The van der Waals surface area contributed by atoms with E-state index in [0.29, 0.717) is 37.2 Å². The summed E-state index contributed by atoms with van der Waals surface area (Å²) in [6, 6.07) is 10.0. The van der Waals surface area contributed by atoms with Crippen LogP contribution in [-0.4, -0.2) is 56.4 Å². The highest BCUT2D eigenvalue weighted by Gasteiger charge is 2.29. The number of rotatable bonds is 6. The fourth-order valence-corrected chi connectivity index (χ4v) is 4.22. The Bertz CT molecular complexity index is 1120. The van der Waals surface area contributed by atoms with Gasteiger partial charge < -0.3 is 9.64 Å². The second-order valence-electron chi connectivity index (χ2n) is 7.40. The number of amides is 1. The molecule has 9 nitrogen and oxygen atoms in total. The van der Waals surface area contributed by atoms with E-state index in [4.69, 9.17) is 4.74 Å². The maximum Gasteiger partial charge on any atom is 0.271 e. The number of nitrogens with zero attached hydrogens (tertiary/aromatic N) is 2. The van der Waals surface area contributed by atoms with Crippen molar-refractivity contribution in [1.29, 1.82) is 0 Å². The standard InChI is InChI=1S/C21H22N2O7S/c1-30-18-5-3-14(4-6-18)20(24)15-7-9-22(10-8-15)21(25)16-11-17(23(26)27)13-19(12-16)31(2,28)29/h3-6,11-13,15H,7-10H2,1-2H3. The first-order chi connectivity index (χ1) is 14.6. The summed E-state index contributed by atoms with van der Waals surface area (Å²) in [6.07, 6.45) is 1.82. The van der Waals surface area contributed by atoms with E-state index in [0.717, 1.165) is 24.5 Å². The number of hydrogen-bond donors (Lipinski definition) is 0. The van der Waals surface area contributed by atoms with Crippen LogP contribution in [0.3, 0.4) is 0 Å². The molecule has 1 saturated heterocycles. The Morgan fingerprint density at radius 1 is 1.06 bits per heavy atom. The number of hydrogen-bond acceptors (Lipinski definition) is 7. The normalized spacial score (nSPS) is 14.8. The van der Waals surface area contributed by atoms with Crippen molar-refractivity contribution in [3.63, 3.8) is 0 Å². The van der Waals surface area contributed by atoms with Crippen LogP contribution in [0.4, 0.5) is 5.69 Å². The number of ketones is 1. The molecule has 31 heavy (non-hydrogen) atoms. The van der Waals surface area contributed by atoms with Crippen molar-refractivity contribution in [3.8, 4) is 5.75 Å². The Hall–Kier alpha value is -3.27. The van der Waals surface area contributed by atoms with Gasteiger partial charge in [-0.3, -0.25) is 19.7 Å². The van der Waals surface area contributed by atoms with Gasteiger partial charge in [0.05, 0.1) is 16.9 Å². The number of Topliss-reactive ketones (excluding diaryl/α,β-unsaturated/α-hetero) is 1. The molecule has 0 N–H and O–H groups in total. The van der Waals surface area contributed by atoms with Gasteiger partial charge in [0, 0.05) is 48.5 Å². The van der Waals surface area contributed by atoms with E-state index in [9.17, 15) is 28.1 Å². The highest BCUT2D eigenvalue weighted by molar-refractivity contribution is 7.90. The number of carbonyl (C=O) groups excluding carboxylic acids is 2. The Labute approximate surface area is 179 Å². The van der Waals surface area contributed by atoms with E-state index in [-0.39, 0.29) is 22.2 Å². The summed E-state index contributed by atoms with van der Waals surface area (Å²) in [6.45, 7) is 0.588. The van der Waals surface area contributed by atoms with Crippen LogP contribution < -0.4 is 4.74 Å². The Kier molecular flexibility index (Phi) is 6.40. The highest BCUT2D eigenvalue weighted by atomic mass is 32.2. The average molecular weight is 446 g/mol. The van der Waals surface area contributed by atoms with E-state index in [1.54, 1.807) is 31.4 Å². The number of nitro benzene ring substituents is 1. The zero-order chi connectivity index (χ0) is 22.8. The molecule has 0 aliphatic carbocycles. The summed E-state index contributed by atoms with van der Waals surface area (Å²) in [5, 5.41) is 11.2. The monoisotopic (exact) mass is 446 g/mol. The Morgan fingerprint density at radius 2 is 1.68 bits per heavy atom. The van der Waals surface area contributed by atoms with Gasteiger partial charge in [0.2, 0.25) is 0 Å². The molecule has 0 radical (unpaired) electrons. The average Bonchev–Trinajstić information content (AvgIpc) is 2.77. The lowest BCUT2D eigenvalue weighted by molar-refractivity contribution is -0.385. The van der Waals surface area contributed by atoms with Gasteiger partial charge in [-0.15, -0.1) is 0 Å². The first-order valence-electron chi connectivity index (χ1n) is 9.57. The van der Waals surface area contributed by atoms with Crippen LogP contribution in [-0.2, 0) is 9.84 Å². The number of nitro groups is 1. The van der Waals surface area contributed by atoms with Gasteiger partial charge >= 0.3 is 0 Å². The van der Waals surface area contributed by atoms with E-state index in [1.807, 2.05) is 0 Å². The SMILES string of the molecule is COc1ccc(C(=O)C2CCN(C(=O)c3cc([N+](=O)[O-])cc(S(C)(=O)=O)c3)CC2)cc1. The molecule has 0 atom stereocenters. The van der Waals surface area contributed by atoms with Crippen LogP contribution in [0, 0.1) is 16.0 Å². The number of non-ortho nitro benzene ring substituents is 1. The second kappa shape index (κ2) is 8.84. The van der Waals surface area contributed by atoms with E-state index in [1.165, 1.54) is 4.90 Å². The Morgan fingerprint density at radius 3 is 2.19 bits per heavy atom. The smallest absolute Gasteiger partial charge is 0.271 e. The van der Waals surface area contributed by atoms with Crippen molar-refractivity contribution in [2.45, 2.75) is 17.7 Å². The number of piperidine rings is 1. The van der Waals surface area contributed by atoms with Crippen LogP contribution >= 0.6 is 0 Å². The summed E-state index contributed by atoms with van der Waals surface area (Å²) in [5.41, 5.74) is 0.0486. The number of likely N-dealkylation sites (tertiary alicyclic amines) is 1. The molecule has 0 bridgehead atoms. The number of benzene rings is 2. The summed E-state index contributed by atoms with van der Waals surface area (Å²) in [5.74, 6) is -0.0927. The zero-order valence-electron chi connectivity index (χ0n) is 17.1. The molecule has 2 aromatic rings. The van der Waals surface area contributed by atoms with E-state index < -0.39 is 26.4 Å². The van der Waals surface area contributed by atoms with Gasteiger partial charge in [-0.05, 0) is 43.2 Å². The first-order valence-corrected chi connectivity index (χ1v) is 11.5. The topological polar surface area (TPSA) is 124 Å². The summed E-state index contributed by atoms with van der Waals surface area (Å²) in [7, 11) is -2.18. The molecule has 2 aromatic carbocycles. The van der Waals surface area contributed by atoms with Gasteiger partial charge in [-0.1, -0.05) is 0 Å². The largest absolute Gasteiger partial charge is 0.497 e. The van der Waals surface area contributed by atoms with Crippen LogP contribution in [0.5, 0.6) is 5.75 Å². The van der Waals surface area contributed by atoms with Gasteiger partial charge in [-0.2, -0.15) is 0 Å². The molecule has 3 rings (SSSR count). The molecule has 1 aliphatic heterocycles. The maximum absolute atomic E-state index is 12.9. The number of methoxy groups -OCH3 is 1. The summed E-state index contributed by atoms with van der Waals surface area (Å²) in [4.78, 5) is 37.3. The van der Waals surface area contributed by atoms with Crippen molar-refractivity contribution in [2.75, 3.05) is 26.5 Å². The first kappa shape index (κ1) is 22.4. The molecule has 1 aliphatic rings. The lowest BCUT2D eigenvalue weighted by atomic mass is 9.88. The quantitative estimate of drug-likeness (QED) is 0.380. The lowest BCUT2D eigenvalue weighted by Crippen LogP contribution is -2.40. The van der Waals surface area contributed by atoms with Crippen molar-refractivity contribution < 1.29 is 27.7 Å². The highest BCUT2D eigenvalue weighted by Crippen LogP contribution is 2.26. The molecular weight excluding hydrogens is 424 g/mol. The van der Waals surface area contributed by atoms with E-state index in [2.05, 4.69) is 0 Å². The zero-order valence-corrected chi connectivity index (χ0v) is 17.9. The van der Waals surface area contributed by atoms with Gasteiger partial charge in [-0.25, -0.2) is 8.42 Å². The fourth-order valence-electron chi connectivity index (χ4n) is 3.54. The molecule has 164 valence electrons. The lowest BCUT2D eigenvalue weighted by Gasteiger charge is -2.31. The molecule has 1 fully saturated rings. The summed E-state index contributed by atoms with van der Waals surface area (Å²) < 4.78 is 28.8. The van der Waals surface area contributed by atoms with Crippen molar-refractivity contribution in [3.05, 3.63) is 63.7 Å². The molecule has 0 aromatic heterocycles. The third kappa shape index (κ3) is 5.08. The molecule has 10 heteroatoms. The molecule has 1 heterocycles. The predicted octanol–water partition coefficient (Wildman–Crippen LogP) is 2.74. The molecule has 1 amide bonds. The van der Waals surface area contributed by atoms with Crippen molar-refractivity contribution in [1.82, 2.24) is 4.90 Å². The van der Waals surface area contributed by atoms with Crippen LogP contribution in [0.25, 0.3) is 0 Å². The van der Waals surface area contributed by atoms with Gasteiger partial charge in [0.25, 0.3) is 11.6 Å². The fraction of sp³-hybridized carbons (Fsp3) is 0.333. The van der Waals surface area contributed by atoms with Gasteiger partial charge in [0.1, 0.15) is 5.75 Å². The number of sulfone groups is 1. The third-order valence-corrected chi connectivity index (χ3v) is 6.40. The number of ether oxygens (including phenoxy) is 1. The van der Waals surface area contributed by atoms with E-state index >= 15 is 0 Å². The summed E-state index contributed by atoms with van der Waals surface area (Å²) >= 11 is 0. The minimum atomic E-state index is -3.73.